The van der Waals surface area contributed by atoms with E-state index in [2.05, 4.69) is 19.2 Å². The molecule has 2 heterocycles. The second-order valence-corrected chi connectivity index (χ2v) is 5.77. The molecule has 3 unspecified atom stereocenters. The van der Waals surface area contributed by atoms with Crippen LogP contribution >= 0.6 is 0 Å². The molecule has 4 heteroatoms. The van der Waals surface area contributed by atoms with E-state index < -0.39 is 0 Å². The predicted molar refractivity (Wildman–Crippen MR) is 71.2 cm³/mol. The molecule has 1 amide bonds. The third-order valence-corrected chi connectivity index (χ3v) is 4.49. The summed E-state index contributed by atoms with van der Waals surface area (Å²) in [6.07, 6.45) is 4.26. The van der Waals surface area contributed by atoms with Gasteiger partial charge in [-0.05, 0) is 38.5 Å². The Bertz CT molecular complexity index is 302. The molecule has 0 aromatic rings. The maximum Gasteiger partial charge on any atom is 0.243 e. The zero-order valence-corrected chi connectivity index (χ0v) is 11.9. The van der Waals surface area contributed by atoms with Crippen molar-refractivity contribution in [2.45, 2.75) is 58.2 Å². The minimum Gasteiger partial charge on any atom is -0.381 e. The highest BCUT2D eigenvalue weighted by atomic mass is 16.5. The van der Waals surface area contributed by atoms with Gasteiger partial charge in [0.2, 0.25) is 5.91 Å². The van der Waals surface area contributed by atoms with Gasteiger partial charge in [0.25, 0.3) is 0 Å². The number of carbonyl (C=O) groups excluding carboxylic acids is 1. The average Bonchev–Trinajstić information content (AvgIpc) is 2.96. The van der Waals surface area contributed by atoms with Crippen molar-refractivity contribution in [2.24, 2.45) is 5.92 Å². The molecule has 0 bridgehead atoms. The van der Waals surface area contributed by atoms with Gasteiger partial charge in [-0.1, -0.05) is 13.8 Å². The van der Waals surface area contributed by atoms with Gasteiger partial charge in [-0.2, -0.15) is 0 Å². The molecule has 2 aliphatic heterocycles. The number of nitrogens with zero attached hydrogens (tertiary/aromatic N) is 1. The molecule has 3 atom stereocenters. The van der Waals surface area contributed by atoms with E-state index in [0.717, 1.165) is 45.4 Å². The second-order valence-electron chi connectivity index (χ2n) is 5.77. The van der Waals surface area contributed by atoms with E-state index in [-0.39, 0.29) is 17.6 Å². The molecule has 2 fully saturated rings. The first-order chi connectivity index (χ1) is 8.60. The summed E-state index contributed by atoms with van der Waals surface area (Å²) >= 11 is 0. The van der Waals surface area contributed by atoms with Crippen LogP contribution in [0.25, 0.3) is 0 Å². The average molecular weight is 254 g/mol. The molecule has 4 nitrogen and oxygen atoms in total. The lowest BCUT2D eigenvalue weighted by atomic mass is 9.99. The first kappa shape index (κ1) is 13.8. The topological polar surface area (TPSA) is 41.6 Å². The highest BCUT2D eigenvalue weighted by molar-refractivity contribution is 5.88. The Morgan fingerprint density at radius 1 is 1.50 bits per heavy atom. The van der Waals surface area contributed by atoms with Crippen LogP contribution in [0.1, 0.15) is 46.5 Å². The zero-order chi connectivity index (χ0) is 13.2. The van der Waals surface area contributed by atoms with Gasteiger partial charge in [0.1, 0.15) is 0 Å². The second kappa shape index (κ2) is 5.57. The fourth-order valence-electron chi connectivity index (χ4n) is 2.93. The summed E-state index contributed by atoms with van der Waals surface area (Å²) in [5, 5.41) is 3.49. The zero-order valence-electron chi connectivity index (χ0n) is 11.9. The number of hydrogen-bond donors (Lipinski definition) is 1. The normalized spacial score (nSPS) is 36.6. The number of ether oxygens (including phenoxy) is 1. The minimum absolute atomic E-state index is 0.213. The van der Waals surface area contributed by atoms with Crippen LogP contribution in [0, 0.1) is 5.92 Å². The highest BCUT2D eigenvalue weighted by Gasteiger charge is 2.45. The molecular formula is C14H26N2O2. The van der Waals surface area contributed by atoms with Crippen LogP contribution in [-0.4, -0.2) is 42.3 Å². The lowest BCUT2D eigenvalue weighted by Crippen LogP contribution is -2.43. The Morgan fingerprint density at radius 2 is 2.28 bits per heavy atom. The molecule has 0 aromatic carbocycles. The van der Waals surface area contributed by atoms with Gasteiger partial charge in [-0.15, -0.1) is 0 Å². The first-order valence-electron chi connectivity index (χ1n) is 7.27. The Kier molecular flexibility index (Phi) is 4.28. The first-order valence-corrected chi connectivity index (χ1v) is 7.27. The largest absolute Gasteiger partial charge is 0.381 e. The molecule has 0 saturated carbocycles. The van der Waals surface area contributed by atoms with Crippen LogP contribution in [0.4, 0.5) is 0 Å². The van der Waals surface area contributed by atoms with Crippen LogP contribution in [0.15, 0.2) is 0 Å². The van der Waals surface area contributed by atoms with Crippen molar-refractivity contribution in [1.82, 2.24) is 10.2 Å². The standard InChI is InChI=1S/C14H26N2O2/c1-4-12-15-14(3,5-2)13(17)16(12)8-6-11-7-9-18-10-11/h11-12,15H,4-10H2,1-3H3. The van der Waals surface area contributed by atoms with Gasteiger partial charge >= 0.3 is 0 Å². The van der Waals surface area contributed by atoms with Crippen molar-refractivity contribution in [3.8, 4) is 0 Å². The summed E-state index contributed by atoms with van der Waals surface area (Å²) < 4.78 is 5.40. The predicted octanol–water partition coefficient (Wildman–Crippen LogP) is 1.75. The Balaban J connectivity index is 1.94. The van der Waals surface area contributed by atoms with E-state index in [1.54, 1.807) is 0 Å². The summed E-state index contributed by atoms with van der Waals surface area (Å²) in [6, 6.07) is 0. The number of carbonyl (C=O) groups is 1. The van der Waals surface area contributed by atoms with Gasteiger partial charge in [-0.25, -0.2) is 0 Å². The summed E-state index contributed by atoms with van der Waals surface area (Å²) in [7, 11) is 0. The summed E-state index contributed by atoms with van der Waals surface area (Å²) in [6.45, 7) is 8.87. The molecule has 104 valence electrons. The quantitative estimate of drug-likeness (QED) is 0.812. The fourth-order valence-corrected chi connectivity index (χ4v) is 2.93. The molecule has 1 N–H and O–H groups in total. The summed E-state index contributed by atoms with van der Waals surface area (Å²) in [5.41, 5.74) is -0.354. The van der Waals surface area contributed by atoms with Crippen LogP contribution in [0.2, 0.25) is 0 Å². The monoisotopic (exact) mass is 254 g/mol. The number of amides is 1. The van der Waals surface area contributed by atoms with E-state index in [9.17, 15) is 4.79 Å². The van der Waals surface area contributed by atoms with Crippen molar-refractivity contribution >= 4 is 5.91 Å². The smallest absolute Gasteiger partial charge is 0.243 e. The summed E-state index contributed by atoms with van der Waals surface area (Å²) in [4.78, 5) is 14.5. The Morgan fingerprint density at radius 3 is 2.83 bits per heavy atom. The van der Waals surface area contributed by atoms with Gasteiger partial charge in [0.05, 0.1) is 11.7 Å². The molecule has 0 aliphatic carbocycles. The maximum absolute atomic E-state index is 12.5. The van der Waals surface area contributed by atoms with Gasteiger partial charge in [0.15, 0.2) is 0 Å². The molecule has 0 spiro atoms. The third-order valence-electron chi connectivity index (χ3n) is 4.49. The molecule has 0 aromatic heterocycles. The van der Waals surface area contributed by atoms with Crippen molar-refractivity contribution in [3.63, 3.8) is 0 Å². The fraction of sp³-hybridized carbons (Fsp3) is 0.929. The molecule has 2 saturated heterocycles. The van der Waals surface area contributed by atoms with Crippen LogP contribution in [0.3, 0.4) is 0 Å². The van der Waals surface area contributed by atoms with Crippen molar-refractivity contribution < 1.29 is 9.53 Å². The molecule has 2 rings (SSSR count). The lowest BCUT2D eigenvalue weighted by molar-refractivity contribution is -0.133. The maximum atomic E-state index is 12.5. The van der Waals surface area contributed by atoms with E-state index in [0.29, 0.717) is 5.92 Å². The van der Waals surface area contributed by atoms with Gasteiger partial charge in [-0.3, -0.25) is 10.1 Å². The van der Waals surface area contributed by atoms with Crippen molar-refractivity contribution in [3.05, 3.63) is 0 Å². The van der Waals surface area contributed by atoms with Crippen LogP contribution in [-0.2, 0) is 9.53 Å². The van der Waals surface area contributed by atoms with Crippen LogP contribution < -0.4 is 5.32 Å². The third kappa shape index (κ3) is 2.54. The van der Waals surface area contributed by atoms with E-state index in [4.69, 9.17) is 4.74 Å². The Hall–Kier alpha value is -0.610. The highest BCUT2D eigenvalue weighted by Crippen LogP contribution is 2.26. The molecule has 18 heavy (non-hydrogen) atoms. The summed E-state index contributed by atoms with van der Waals surface area (Å²) in [5.74, 6) is 0.916. The number of rotatable bonds is 5. The SMILES string of the molecule is CCC1NC(C)(CC)C(=O)N1CCC1CCOC1. The van der Waals surface area contributed by atoms with Gasteiger partial charge < -0.3 is 9.64 Å². The molecule has 0 radical (unpaired) electrons. The lowest BCUT2D eigenvalue weighted by Gasteiger charge is -2.24. The van der Waals surface area contributed by atoms with Crippen LogP contribution in [0.5, 0.6) is 0 Å². The van der Waals surface area contributed by atoms with Crippen molar-refractivity contribution in [1.29, 1.82) is 0 Å². The number of nitrogens with one attached hydrogen (secondary N) is 1. The minimum atomic E-state index is -0.354. The van der Waals surface area contributed by atoms with E-state index >= 15 is 0 Å². The number of hydrogen-bond acceptors (Lipinski definition) is 3. The Labute approximate surface area is 110 Å². The van der Waals surface area contributed by atoms with E-state index in [1.165, 1.54) is 0 Å². The molecule has 2 aliphatic rings. The molecular weight excluding hydrogens is 228 g/mol. The van der Waals surface area contributed by atoms with E-state index in [1.807, 2.05) is 11.8 Å². The van der Waals surface area contributed by atoms with Gasteiger partial charge in [0, 0.05) is 19.8 Å². The van der Waals surface area contributed by atoms with Crippen molar-refractivity contribution in [2.75, 3.05) is 19.8 Å².